The lowest BCUT2D eigenvalue weighted by Gasteiger charge is -2.17. The molecule has 194 valence electrons. The van der Waals surface area contributed by atoms with E-state index >= 15 is 0 Å². The van der Waals surface area contributed by atoms with E-state index in [-0.39, 0.29) is 11.2 Å². The lowest BCUT2D eigenvalue weighted by Crippen LogP contribution is -2.40. The number of carbonyl (C=O) groups excluding carboxylic acids is 2. The first-order valence-electron chi connectivity index (χ1n) is 12.3. The highest BCUT2D eigenvalue weighted by Gasteiger charge is 2.45. The normalized spacial score (nSPS) is 18.8. The van der Waals surface area contributed by atoms with Gasteiger partial charge in [-0.2, -0.15) is 0 Å². The second-order valence-corrected chi connectivity index (χ2v) is 9.75. The maximum absolute atomic E-state index is 13.1. The standard InChI is InChI=1S/C25H25N9O4/c1-14(34-13-28-21-20(34)23(37)33(6-7-35)25(38)31(21)2)22(36)30-19-5-3-4-18(29-19)17-9-26-24(27-10-17)32-11-15-8-16(15)12-32/h3-5,7,9-10,13-16H,6,8,11-12H2,1-2H3,(H,29,30,36)/t14-,15?,16?/m0/s1. The number of aryl methyl sites for hydroxylation is 1. The Morgan fingerprint density at radius 3 is 2.61 bits per heavy atom. The van der Waals surface area contributed by atoms with Gasteiger partial charge in [-0.15, -0.1) is 0 Å². The highest BCUT2D eigenvalue weighted by atomic mass is 16.2. The molecule has 13 heteroatoms. The van der Waals surface area contributed by atoms with E-state index in [2.05, 4.69) is 30.2 Å². The average Bonchev–Trinajstić information content (AvgIpc) is 3.32. The van der Waals surface area contributed by atoms with Crippen LogP contribution in [0.15, 0.2) is 46.5 Å². The Morgan fingerprint density at radius 1 is 1.16 bits per heavy atom. The molecule has 5 heterocycles. The molecule has 0 radical (unpaired) electrons. The van der Waals surface area contributed by atoms with Gasteiger partial charge in [0, 0.05) is 38.1 Å². The molecule has 1 aliphatic heterocycles. The number of pyridine rings is 1. The van der Waals surface area contributed by atoms with Crippen molar-refractivity contribution in [3.05, 3.63) is 57.8 Å². The van der Waals surface area contributed by atoms with Crippen LogP contribution in [-0.4, -0.2) is 58.9 Å². The molecule has 1 amide bonds. The average molecular weight is 516 g/mol. The first-order chi connectivity index (χ1) is 18.4. The van der Waals surface area contributed by atoms with Gasteiger partial charge in [-0.25, -0.2) is 24.7 Å². The van der Waals surface area contributed by atoms with E-state index in [9.17, 15) is 19.2 Å². The Balaban J connectivity index is 1.22. The molecule has 0 aromatic carbocycles. The predicted molar refractivity (Wildman–Crippen MR) is 138 cm³/mol. The van der Waals surface area contributed by atoms with Crippen LogP contribution in [0, 0.1) is 11.8 Å². The van der Waals surface area contributed by atoms with E-state index in [4.69, 9.17) is 0 Å². The number of fused-ring (bicyclic) bond motifs is 2. The summed E-state index contributed by atoms with van der Waals surface area (Å²) >= 11 is 0. The Hall–Kier alpha value is -4.68. The summed E-state index contributed by atoms with van der Waals surface area (Å²) in [5, 5.41) is 2.77. The topological polar surface area (TPSA) is 150 Å². The molecule has 1 N–H and O–H groups in total. The maximum Gasteiger partial charge on any atom is 0.332 e. The van der Waals surface area contributed by atoms with Gasteiger partial charge in [-0.1, -0.05) is 6.07 Å². The summed E-state index contributed by atoms with van der Waals surface area (Å²) in [5.41, 5.74) is 0.140. The number of aldehydes is 1. The number of nitrogens with one attached hydrogen (secondary N) is 1. The van der Waals surface area contributed by atoms with Crippen molar-refractivity contribution in [2.45, 2.75) is 25.9 Å². The van der Waals surface area contributed by atoms with Crippen LogP contribution < -0.4 is 21.5 Å². The molecule has 2 aliphatic rings. The maximum atomic E-state index is 13.1. The lowest BCUT2D eigenvalue weighted by molar-refractivity contribution is -0.118. The van der Waals surface area contributed by atoms with Gasteiger partial charge < -0.3 is 19.6 Å². The van der Waals surface area contributed by atoms with E-state index in [1.54, 1.807) is 31.5 Å². The fourth-order valence-electron chi connectivity index (χ4n) is 5.02. The first-order valence-corrected chi connectivity index (χ1v) is 12.3. The fourth-order valence-corrected chi connectivity index (χ4v) is 5.02. The lowest BCUT2D eigenvalue weighted by atomic mass is 10.2. The summed E-state index contributed by atoms with van der Waals surface area (Å²) in [4.78, 5) is 69.4. The fraction of sp³-hybridized carbons (Fsp3) is 0.360. The smallest absolute Gasteiger partial charge is 0.332 e. The Kier molecular flexibility index (Phi) is 5.62. The van der Waals surface area contributed by atoms with E-state index in [0.717, 1.165) is 41.0 Å². The number of hydrogen-bond donors (Lipinski definition) is 1. The van der Waals surface area contributed by atoms with Crippen molar-refractivity contribution >= 4 is 35.1 Å². The summed E-state index contributed by atoms with van der Waals surface area (Å²) in [6.45, 7) is 3.22. The predicted octanol–water partition coefficient (Wildman–Crippen LogP) is 0.603. The van der Waals surface area contributed by atoms with Gasteiger partial charge in [0.1, 0.15) is 18.1 Å². The van der Waals surface area contributed by atoms with Crippen LogP contribution in [0.3, 0.4) is 0 Å². The zero-order valence-electron chi connectivity index (χ0n) is 20.8. The Morgan fingerprint density at radius 2 is 1.89 bits per heavy atom. The molecule has 1 saturated carbocycles. The minimum atomic E-state index is -0.866. The Labute approximate surface area is 215 Å². The second-order valence-electron chi connectivity index (χ2n) is 9.75. The van der Waals surface area contributed by atoms with Crippen molar-refractivity contribution in [2.75, 3.05) is 23.3 Å². The number of rotatable bonds is 7. The largest absolute Gasteiger partial charge is 0.340 e. The zero-order chi connectivity index (χ0) is 26.6. The molecule has 0 spiro atoms. The number of imidazole rings is 1. The van der Waals surface area contributed by atoms with Gasteiger partial charge in [0.15, 0.2) is 11.2 Å². The summed E-state index contributed by atoms with van der Waals surface area (Å²) in [6, 6.07) is 4.37. The minimum absolute atomic E-state index is 0.0471. The molecule has 1 saturated heterocycles. The van der Waals surface area contributed by atoms with Crippen molar-refractivity contribution in [3.8, 4) is 11.3 Å². The second kappa shape index (κ2) is 9.01. The van der Waals surface area contributed by atoms with Gasteiger partial charge in [-0.3, -0.25) is 18.7 Å². The highest BCUT2D eigenvalue weighted by Crippen LogP contribution is 2.45. The van der Waals surface area contributed by atoms with Crippen molar-refractivity contribution < 1.29 is 9.59 Å². The molecule has 2 fully saturated rings. The van der Waals surface area contributed by atoms with E-state index < -0.39 is 29.7 Å². The summed E-state index contributed by atoms with van der Waals surface area (Å²) in [6.07, 6.45) is 6.57. The number of carbonyl (C=O) groups is 2. The molecular formula is C25H25N9O4. The summed E-state index contributed by atoms with van der Waals surface area (Å²) < 4.78 is 3.36. The number of aromatic nitrogens is 7. The van der Waals surface area contributed by atoms with Gasteiger partial charge in [0.25, 0.3) is 5.56 Å². The number of hydrogen-bond acceptors (Lipinski definition) is 9. The Bertz CT molecular complexity index is 1680. The third kappa shape index (κ3) is 3.96. The van der Waals surface area contributed by atoms with Crippen molar-refractivity contribution in [1.29, 1.82) is 0 Å². The van der Waals surface area contributed by atoms with E-state index in [1.807, 2.05) is 6.07 Å². The zero-order valence-corrected chi connectivity index (χ0v) is 20.8. The molecule has 2 unspecified atom stereocenters. The van der Waals surface area contributed by atoms with Crippen molar-refractivity contribution in [2.24, 2.45) is 18.9 Å². The number of anilines is 2. The molecule has 0 bridgehead atoms. The third-order valence-corrected chi connectivity index (χ3v) is 7.31. The molecule has 1 aliphatic carbocycles. The van der Waals surface area contributed by atoms with Crippen LogP contribution in [-0.2, 0) is 23.2 Å². The highest BCUT2D eigenvalue weighted by molar-refractivity contribution is 5.93. The van der Waals surface area contributed by atoms with Crippen LogP contribution >= 0.6 is 0 Å². The summed E-state index contributed by atoms with van der Waals surface area (Å²) in [7, 11) is 1.45. The molecule has 38 heavy (non-hydrogen) atoms. The van der Waals surface area contributed by atoms with Crippen LogP contribution in [0.25, 0.3) is 22.4 Å². The number of nitrogens with zero attached hydrogens (tertiary/aromatic N) is 8. The molecule has 13 nitrogen and oxygen atoms in total. The monoisotopic (exact) mass is 515 g/mol. The molecule has 4 aromatic rings. The van der Waals surface area contributed by atoms with Gasteiger partial charge in [0.2, 0.25) is 11.9 Å². The van der Waals surface area contributed by atoms with Gasteiger partial charge in [0.05, 0.1) is 18.6 Å². The number of piperidine rings is 1. The molecule has 6 rings (SSSR count). The van der Waals surface area contributed by atoms with Gasteiger partial charge in [-0.05, 0) is 37.3 Å². The molecule has 4 aromatic heterocycles. The van der Waals surface area contributed by atoms with E-state index in [1.165, 1.54) is 28.9 Å². The molecular weight excluding hydrogens is 490 g/mol. The first kappa shape index (κ1) is 23.7. The molecule has 3 atom stereocenters. The van der Waals surface area contributed by atoms with Crippen LogP contribution in [0.1, 0.15) is 19.4 Å². The van der Waals surface area contributed by atoms with Crippen LogP contribution in [0.4, 0.5) is 11.8 Å². The van der Waals surface area contributed by atoms with Crippen molar-refractivity contribution in [1.82, 2.24) is 33.6 Å². The third-order valence-electron chi connectivity index (χ3n) is 7.31. The summed E-state index contributed by atoms with van der Waals surface area (Å²) in [5.74, 6) is 2.16. The van der Waals surface area contributed by atoms with Gasteiger partial charge >= 0.3 is 5.69 Å². The minimum Gasteiger partial charge on any atom is -0.340 e. The van der Waals surface area contributed by atoms with Crippen molar-refractivity contribution in [3.63, 3.8) is 0 Å². The quantitative estimate of drug-likeness (QED) is 0.349. The number of amides is 1. The van der Waals surface area contributed by atoms with E-state index in [0.29, 0.717) is 17.8 Å². The van der Waals surface area contributed by atoms with Crippen LogP contribution in [0.5, 0.6) is 0 Å². The van der Waals surface area contributed by atoms with Crippen LogP contribution in [0.2, 0.25) is 0 Å². The SMILES string of the molecule is C[C@@H](C(=O)Nc1cccc(-c2cnc(N3CC4CC4C3)nc2)n1)n1cnc2c1c(=O)n(CC=O)c(=O)n2C.